The molecule has 0 unspecified atom stereocenters. The highest BCUT2D eigenvalue weighted by Crippen LogP contribution is 2.22. The van der Waals surface area contributed by atoms with Crippen LogP contribution < -0.4 is 0 Å². The molecule has 4 nitrogen and oxygen atoms in total. The van der Waals surface area contributed by atoms with Crippen LogP contribution in [0.5, 0.6) is 0 Å². The number of fused-ring (bicyclic) bond motifs is 3. The van der Waals surface area contributed by atoms with Gasteiger partial charge in [-0.05, 0) is 26.0 Å². The number of nitrogens with zero attached hydrogens (tertiary/aromatic N) is 2. The lowest BCUT2D eigenvalue weighted by atomic mass is 10.1. The second kappa shape index (κ2) is 5.08. The Morgan fingerprint density at radius 2 is 0.944 bits per heavy atom. The minimum Gasteiger partial charge on any atom is -0.412 e. The summed E-state index contributed by atoms with van der Waals surface area (Å²) in [5.74, 6) is 0. The second-order valence-electron chi connectivity index (χ2n) is 4.11. The van der Waals surface area contributed by atoms with Gasteiger partial charge in [-0.1, -0.05) is 24.3 Å². The highest BCUT2D eigenvalue weighted by molar-refractivity contribution is 6.02. The van der Waals surface area contributed by atoms with E-state index in [2.05, 4.69) is 34.2 Å². The molecule has 0 atom stereocenters. The van der Waals surface area contributed by atoms with Crippen molar-refractivity contribution in [2.24, 2.45) is 0 Å². The maximum absolute atomic E-state index is 4.58. The van der Waals surface area contributed by atoms with Gasteiger partial charge in [0.2, 0.25) is 0 Å². The third kappa shape index (κ3) is 2.16. The van der Waals surface area contributed by atoms with Crippen LogP contribution in [0.15, 0.2) is 36.4 Å². The smallest absolute Gasteiger partial charge is 0.0967 e. The van der Waals surface area contributed by atoms with E-state index in [9.17, 15) is 0 Å². The van der Waals surface area contributed by atoms with Gasteiger partial charge in [-0.15, -0.1) is 0 Å². The third-order valence-electron chi connectivity index (χ3n) is 2.80. The summed E-state index contributed by atoms with van der Waals surface area (Å²) in [5.41, 5.74) is 4.06. The first-order valence-electron chi connectivity index (χ1n) is 5.38. The third-order valence-corrected chi connectivity index (χ3v) is 2.80. The fraction of sp³-hybridized carbons (Fsp3) is 0.143. The van der Waals surface area contributed by atoms with Crippen molar-refractivity contribution in [3.05, 3.63) is 47.8 Å². The summed E-state index contributed by atoms with van der Waals surface area (Å²) >= 11 is 0. The van der Waals surface area contributed by atoms with E-state index in [0.717, 1.165) is 33.2 Å². The van der Waals surface area contributed by atoms with Crippen LogP contribution >= 0.6 is 0 Å². The molecule has 0 aliphatic carbocycles. The molecule has 18 heavy (non-hydrogen) atoms. The molecule has 0 bridgehead atoms. The van der Waals surface area contributed by atoms with Crippen molar-refractivity contribution in [2.45, 2.75) is 13.8 Å². The molecule has 0 saturated heterocycles. The molecule has 0 spiro atoms. The lowest BCUT2D eigenvalue weighted by Crippen LogP contribution is -1.89. The number of pyridine rings is 2. The minimum absolute atomic E-state index is 0. The lowest BCUT2D eigenvalue weighted by molar-refractivity contribution is 0.823. The molecule has 0 aliphatic rings. The Bertz CT molecular complexity index is 635. The molecular formula is C14H16N2O2. The zero-order chi connectivity index (χ0) is 11.1. The monoisotopic (exact) mass is 244 g/mol. The molecular weight excluding hydrogens is 228 g/mol. The molecule has 2 heterocycles. The minimum atomic E-state index is 0. The average Bonchev–Trinajstić information content (AvgIpc) is 2.29. The Balaban J connectivity index is 0.000000810. The number of benzene rings is 1. The fourth-order valence-corrected chi connectivity index (χ4v) is 1.96. The van der Waals surface area contributed by atoms with Gasteiger partial charge in [-0.2, -0.15) is 0 Å². The van der Waals surface area contributed by atoms with E-state index >= 15 is 0 Å². The highest BCUT2D eigenvalue weighted by atomic mass is 16.0. The second-order valence-corrected chi connectivity index (χ2v) is 4.11. The van der Waals surface area contributed by atoms with Crippen molar-refractivity contribution in [1.82, 2.24) is 9.97 Å². The first-order chi connectivity index (χ1) is 7.74. The summed E-state index contributed by atoms with van der Waals surface area (Å²) in [4.78, 5) is 9.16. The average molecular weight is 244 g/mol. The first-order valence-corrected chi connectivity index (χ1v) is 5.38. The predicted octanol–water partition coefficient (Wildman–Crippen LogP) is 1.75. The Morgan fingerprint density at radius 1 is 0.611 bits per heavy atom. The molecule has 1 aromatic carbocycles. The lowest BCUT2D eigenvalue weighted by Gasteiger charge is -2.04. The van der Waals surface area contributed by atoms with Crippen LogP contribution in [-0.4, -0.2) is 20.9 Å². The summed E-state index contributed by atoms with van der Waals surface area (Å²) in [6.45, 7) is 4.02. The Kier molecular flexibility index (Phi) is 3.96. The van der Waals surface area contributed by atoms with E-state index in [0.29, 0.717) is 0 Å². The maximum atomic E-state index is 4.58. The molecule has 0 saturated carbocycles. The number of hydrogen-bond acceptors (Lipinski definition) is 2. The van der Waals surface area contributed by atoms with Crippen molar-refractivity contribution in [1.29, 1.82) is 0 Å². The van der Waals surface area contributed by atoms with E-state index in [4.69, 9.17) is 0 Å². The number of aromatic nitrogens is 2. The molecule has 0 amide bonds. The van der Waals surface area contributed by atoms with Crippen molar-refractivity contribution in [2.75, 3.05) is 0 Å². The maximum Gasteiger partial charge on any atom is 0.0967 e. The van der Waals surface area contributed by atoms with E-state index in [1.807, 2.05) is 26.0 Å². The standard InChI is InChI=1S/C14H12N2.2H2O/c1-9-3-5-11-7-8-12-6-4-10(2)16-14(12)13(11)15-9;;/h3-8H,1-2H3;2*1H2. The largest absolute Gasteiger partial charge is 0.412 e. The van der Waals surface area contributed by atoms with Gasteiger partial charge < -0.3 is 11.0 Å². The van der Waals surface area contributed by atoms with Crippen LogP contribution in [0.25, 0.3) is 21.8 Å². The van der Waals surface area contributed by atoms with Gasteiger partial charge in [-0.25, -0.2) is 0 Å². The Morgan fingerprint density at radius 3 is 1.33 bits per heavy atom. The quantitative estimate of drug-likeness (QED) is 0.564. The van der Waals surface area contributed by atoms with Gasteiger partial charge in [0.1, 0.15) is 0 Å². The SMILES string of the molecule is Cc1ccc2ccc3ccc(C)nc3c2n1.O.O. The summed E-state index contributed by atoms with van der Waals surface area (Å²) in [7, 11) is 0. The Hall–Kier alpha value is -2.04. The van der Waals surface area contributed by atoms with Gasteiger partial charge in [-0.3, -0.25) is 9.97 Å². The van der Waals surface area contributed by atoms with Crippen LogP contribution in [-0.2, 0) is 0 Å². The van der Waals surface area contributed by atoms with Crippen LogP contribution in [0, 0.1) is 13.8 Å². The number of hydrogen-bond donors (Lipinski definition) is 0. The molecule has 4 heteroatoms. The zero-order valence-electron chi connectivity index (χ0n) is 10.4. The van der Waals surface area contributed by atoms with E-state index in [1.165, 1.54) is 0 Å². The molecule has 0 fully saturated rings. The molecule has 94 valence electrons. The van der Waals surface area contributed by atoms with Crippen LogP contribution in [0.3, 0.4) is 0 Å². The van der Waals surface area contributed by atoms with Gasteiger partial charge in [0, 0.05) is 22.2 Å². The van der Waals surface area contributed by atoms with Crippen LogP contribution in [0.2, 0.25) is 0 Å². The van der Waals surface area contributed by atoms with Crippen molar-refractivity contribution < 1.29 is 11.0 Å². The molecule has 0 aliphatic heterocycles. The molecule has 3 aromatic rings. The number of rotatable bonds is 0. The number of aryl methyl sites for hydroxylation is 2. The van der Waals surface area contributed by atoms with E-state index in [-0.39, 0.29) is 11.0 Å². The molecule has 4 N–H and O–H groups in total. The molecule has 0 radical (unpaired) electrons. The topological polar surface area (TPSA) is 88.8 Å². The van der Waals surface area contributed by atoms with Crippen LogP contribution in [0.4, 0.5) is 0 Å². The summed E-state index contributed by atoms with van der Waals surface area (Å²) in [6, 6.07) is 12.5. The normalized spacial score (nSPS) is 9.89. The van der Waals surface area contributed by atoms with Gasteiger partial charge in [0.15, 0.2) is 0 Å². The van der Waals surface area contributed by atoms with Crippen LogP contribution in [0.1, 0.15) is 11.4 Å². The van der Waals surface area contributed by atoms with Gasteiger partial charge in [0.05, 0.1) is 11.0 Å². The zero-order valence-corrected chi connectivity index (χ0v) is 10.4. The van der Waals surface area contributed by atoms with Gasteiger partial charge >= 0.3 is 0 Å². The molecule has 2 aromatic heterocycles. The predicted molar refractivity (Wildman–Crippen MR) is 73.7 cm³/mol. The van der Waals surface area contributed by atoms with Gasteiger partial charge in [0.25, 0.3) is 0 Å². The molecule has 3 rings (SSSR count). The van der Waals surface area contributed by atoms with Crippen molar-refractivity contribution in [3.63, 3.8) is 0 Å². The Labute approximate surface area is 105 Å². The summed E-state index contributed by atoms with van der Waals surface area (Å²) < 4.78 is 0. The highest BCUT2D eigenvalue weighted by Gasteiger charge is 2.03. The van der Waals surface area contributed by atoms with E-state index < -0.39 is 0 Å². The first kappa shape index (κ1) is 14.0. The van der Waals surface area contributed by atoms with E-state index in [1.54, 1.807) is 0 Å². The van der Waals surface area contributed by atoms with Crippen molar-refractivity contribution in [3.8, 4) is 0 Å². The summed E-state index contributed by atoms with van der Waals surface area (Å²) in [5, 5.41) is 2.30. The van der Waals surface area contributed by atoms with Crippen molar-refractivity contribution >= 4 is 21.8 Å². The summed E-state index contributed by atoms with van der Waals surface area (Å²) in [6.07, 6.45) is 0. The fourth-order valence-electron chi connectivity index (χ4n) is 1.96.